The van der Waals surface area contributed by atoms with Crippen LogP contribution in [0.5, 0.6) is 17.2 Å². The number of guanidine groups is 1. The molecule has 0 heterocycles. The number of carbonyl (C=O) groups excluding carboxylic acids is 4. The van der Waals surface area contributed by atoms with Crippen molar-refractivity contribution in [2.45, 2.75) is 43.8 Å². The molecular formula is C26H36N8O7. The Morgan fingerprint density at radius 2 is 1.46 bits per heavy atom. The fourth-order valence-electron chi connectivity index (χ4n) is 3.72. The van der Waals surface area contributed by atoms with Crippen LogP contribution in [0, 0.1) is 0 Å². The summed E-state index contributed by atoms with van der Waals surface area (Å²) in [6.45, 7) is -0.349. The van der Waals surface area contributed by atoms with E-state index in [0.29, 0.717) is 17.5 Å². The van der Waals surface area contributed by atoms with Gasteiger partial charge in [-0.3, -0.25) is 24.2 Å². The fraction of sp³-hybridized carbons (Fsp3) is 0.346. The molecule has 0 radical (unpaired) electrons. The van der Waals surface area contributed by atoms with E-state index in [-0.39, 0.29) is 43.3 Å². The molecule has 15 nitrogen and oxygen atoms in total. The van der Waals surface area contributed by atoms with Crippen molar-refractivity contribution in [3.8, 4) is 17.2 Å². The van der Waals surface area contributed by atoms with E-state index in [4.69, 9.17) is 22.9 Å². The minimum Gasteiger partial charge on any atom is -0.508 e. The number of aromatic hydroxyl groups is 3. The summed E-state index contributed by atoms with van der Waals surface area (Å²) < 4.78 is 0. The van der Waals surface area contributed by atoms with E-state index in [1.165, 1.54) is 30.3 Å². The molecule has 4 amide bonds. The van der Waals surface area contributed by atoms with E-state index in [2.05, 4.69) is 20.9 Å². The van der Waals surface area contributed by atoms with E-state index in [1.807, 2.05) is 0 Å². The minimum absolute atomic E-state index is 0.0649. The van der Waals surface area contributed by atoms with Gasteiger partial charge < -0.3 is 54.2 Å². The maximum absolute atomic E-state index is 12.9. The molecule has 41 heavy (non-hydrogen) atoms. The SMILES string of the molecule is NC(=O)C(Cc1ccc(O)c(O)c1)NC(=O)CNC(=O)[C@@H](CCCN=C(N)N)NC(=O)C(N)Cc1ccc(O)cc1. The lowest BCUT2D eigenvalue weighted by Crippen LogP contribution is -2.54. The maximum atomic E-state index is 12.9. The molecule has 2 aromatic carbocycles. The normalized spacial score (nSPS) is 12.8. The number of hydrogen-bond donors (Lipinski definition) is 10. The molecule has 0 aliphatic carbocycles. The second kappa shape index (κ2) is 15.5. The molecule has 0 saturated carbocycles. The molecule has 0 fully saturated rings. The number of hydrogen-bond acceptors (Lipinski definition) is 9. The van der Waals surface area contributed by atoms with Crippen LogP contribution in [0.15, 0.2) is 47.5 Å². The summed E-state index contributed by atoms with van der Waals surface area (Å²) in [7, 11) is 0. The number of phenolic OH excluding ortho intramolecular Hbond substituents is 3. The van der Waals surface area contributed by atoms with Gasteiger partial charge in [0, 0.05) is 13.0 Å². The third-order valence-corrected chi connectivity index (χ3v) is 5.89. The first-order valence-electron chi connectivity index (χ1n) is 12.6. The van der Waals surface area contributed by atoms with E-state index < -0.39 is 54.0 Å². The van der Waals surface area contributed by atoms with Crippen LogP contribution >= 0.6 is 0 Å². The maximum Gasteiger partial charge on any atom is 0.243 e. The molecule has 3 atom stereocenters. The van der Waals surface area contributed by atoms with Gasteiger partial charge >= 0.3 is 0 Å². The number of phenols is 3. The Kier molecular flexibility index (Phi) is 12.2. The summed E-state index contributed by atoms with van der Waals surface area (Å²) in [6, 6.07) is 6.79. The highest BCUT2D eigenvalue weighted by Crippen LogP contribution is 2.25. The molecule has 0 aromatic heterocycles. The standard InChI is InChI=1S/C26H36N8O7/c27-17(10-14-3-6-16(35)7-4-14)24(40)34-18(2-1-9-31-26(29)30)25(41)32-13-22(38)33-19(23(28)39)11-15-5-8-20(36)21(37)12-15/h3-8,12,17-19,35-37H,1-2,9-11,13,27H2,(H2,28,39)(H,32,41)(H,33,38)(H,34,40)(H4,29,30,31)/t17?,18-,19?/m1/s1. The summed E-state index contributed by atoms with van der Waals surface area (Å²) in [6.07, 6.45) is 0.504. The third kappa shape index (κ3) is 11.3. The van der Waals surface area contributed by atoms with Gasteiger partial charge in [-0.25, -0.2) is 0 Å². The number of aliphatic imine (C=N–C) groups is 1. The number of amides is 4. The molecule has 0 saturated heterocycles. The summed E-state index contributed by atoms with van der Waals surface area (Å²) >= 11 is 0. The second-order valence-corrected chi connectivity index (χ2v) is 9.25. The van der Waals surface area contributed by atoms with Crippen molar-refractivity contribution in [3.05, 3.63) is 53.6 Å². The number of nitrogens with two attached hydrogens (primary N) is 4. The van der Waals surface area contributed by atoms with Gasteiger partial charge in [-0.05, 0) is 54.7 Å². The largest absolute Gasteiger partial charge is 0.508 e. The Morgan fingerprint density at radius 1 is 0.805 bits per heavy atom. The van der Waals surface area contributed by atoms with E-state index in [9.17, 15) is 34.5 Å². The molecule has 2 rings (SSSR count). The van der Waals surface area contributed by atoms with Crippen molar-refractivity contribution in [1.82, 2.24) is 16.0 Å². The highest BCUT2D eigenvalue weighted by Gasteiger charge is 2.25. The second-order valence-electron chi connectivity index (χ2n) is 9.25. The van der Waals surface area contributed by atoms with Crippen molar-refractivity contribution in [3.63, 3.8) is 0 Å². The van der Waals surface area contributed by atoms with Gasteiger partial charge in [0.1, 0.15) is 17.8 Å². The summed E-state index contributed by atoms with van der Waals surface area (Å²) in [5.74, 6) is -3.71. The predicted octanol–water partition coefficient (Wildman–Crippen LogP) is -2.46. The van der Waals surface area contributed by atoms with Gasteiger partial charge in [0.2, 0.25) is 23.6 Å². The zero-order valence-electron chi connectivity index (χ0n) is 22.2. The lowest BCUT2D eigenvalue weighted by atomic mass is 10.0. The van der Waals surface area contributed by atoms with Crippen molar-refractivity contribution in [2.24, 2.45) is 27.9 Å². The van der Waals surface area contributed by atoms with Crippen molar-refractivity contribution in [1.29, 1.82) is 0 Å². The molecule has 222 valence electrons. The van der Waals surface area contributed by atoms with Crippen molar-refractivity contribution in [2.75, 3.05) is 13.1 Å². The molecule has 2 aromatic rings. The van der Waals surface area contributed by atoms with Gasteiger partial charge in [-0.2, -0.15) is 0 Å². The van der Waals surface area contributed by atoms with Crippen LogP contribution in [-0.4, -0.2) is 76.1 Å². The first-order valence-corrected chi connectivity index (χ1v) is 12.6. The molecule has 0 aliphatic rings. The first kappa shape index (κ1) is 32.2. The van der Waals surface area contributed by atoms with Crippen LogP contribution in [-0.2, 0) is 32.0 Å². The molecule has 0 spiro atoms. The van der Waals surface area contributed by atoms with E-state index in [0.717, 1.165) is 0 Å². The number of primary amides is 1. The van der Waals surface area contributed by atoms with Gasteiger partial charge in [0.05, 0.1) is 12.6 Å². The molecule has 15 heteroatoms. The lowest BCUT2D eigenvalue weighted by molar-refractivity contribution is -0.131. The molecular weight excluding hydrogens is 536 g/mol. The molecule has 0 aliphatic heterocycles. The van der Waals surface area contributed by atoms with Gasteiger partial charge in [0.25, 0.3) is 0 Å². The number of carbonyl (C=O) groups is 4. The average Bonchev–Trinajstić information content (AvgIpc) is 2.91. The van der Waals surface area contributed by atoms with Crippen LogP contribution in [0.4, 0.5) is 0 Å². The highest BCUT2D eigenvalue weighted by atomic mass is 16.3. The molecule has 14 N–H and O–H groups in total. The van der Waals surface area contributed by atoms with E-state index >= 15 is 0 Å². The number of rotatable bonds is 15. The molecule has 2 unspecified atom stereocenters. The van der Waals surface area contributed by atoms with Crippen LogP contribution < -0.4 is 38.9 Å². The summed E-state index contributed by atoms with van der Waals surface area (Å²) in [5, 5.41) is 35.9. The lowest BCUT2D eigenvalue weighted by Gasteiger charge is -2.21. The minimum atomic E-state index is -1.17. The third-order valence-electron chi connectivity index (χ3n) is 5.89. The van der Waals surface area contributed by atoms with Crippen LogP contribution in [0.1, 0.15) is 24.0 Å². The fourth-order valence-corrected chi connectivity index (χ4v) is 3.72. The summed E-state index contributed by atoms with van der Waals surface area (Å²) in [4.78, 5) is 53.9. The summed E-state index contributed by atoms with van der Waals surface area (Å²) in [5.41, 5.74) is 23.2. The Labute approximate surface area is 236 Å². The zero-order chi connectivity index (χ0) is 30.5. The quantitative estimate of drug-likeness (QED) is 0.0465. The van der Waals surface area contributed by atoms with Gasteiger partial charge in [0.15, 0.2) is 17.5 Å². The monoisotopic (exact) mass is 572 g/mol. The smallest absolute Gasteiger partial charge is 0.243 e. The average molecular weight is 573 g/mol. The Bertz CT molecular complexity index is 1250. The Balaban J connectivity index is 1.99. The zero-order valence-corrected chi connectivity index (χ0v) is 22.2. The van der Waals surface area contributed by atoms with Crippen LogP contribution in [0.25, 0.3) is 0 Å². The number of nitrogens with one attached hydrogen (secondary N) is 3. The van der Waals surface area contributed by atoms with Gasteiger partial charge in [-0.15, -0.1) is 0 Å². The van der Waals surface area contributed by atoms with Crippen LogP contribution in [0.2, 0.25) is 0 Å². The van der Waals surface area contributed by atoms with Crippen LogP contribution in [0.3, 0.4) is 0 Å². The number of nitrogens with zero attached hydrogens (tertiary/aromatic N) is 1. The van der Waals surface area contributed by atoms with Gasteiger partial charge in [-0.1, -0.05) is 18.2 Å². The Morgan fingerprint density at radius 3 is 2.07 bits per heavy atom. The van der Waals surface area contributed by atoms with Crippen molar-refractivity contribution >= 4 is 29.6 Å². The molecule has 0 bridgehead atoms. The van der Waals surface area contributed by atoms with E-state index in [1.54, 1.807) is 12.1 Å². The first-order chi connectivity index (χ1) is 19.3. The topological polar surface area (TPSA) is 282 Å². The number of benzene rings is 2. The van der Waals surface area contributed by atoms with Crippen molar-refractivity contribution < 1.29 is 34.5 Å². The Hall–Kier alpha value is -5.05. The predicted molar refractivity (Wildman–Crippen MR) is 149 cm³/mol. The highest BCUT2D eigenvalue weighted by molar-refractivity contribution is 5.93.